The minimum absolute atomic E-state index is 0.0837. The van der Waals surface area contributed by atoms with Gasteiger partial charge >= 0.3 is 0 Å². The Bertz CT molecular complexity index is 982. The fraction of sp³-hybridized carbons (Fsp3) is 0.567. The van der Waals surface area contributed by atoms with Gasteiger partial charge in [0.05, 0.1) is 24.6 Å². The number of aliphatic carboxylic acids is 3. The molecule has 242 valence electrons. The number of hydrogen-bond donors (Lipinski definition) is 4. The predicted octanol–water partition coefficient (Wildman–Crippen LogP) is -1.94. The molecule has 0 aromatic rings. The zero-order chi connectivity index (χ0) is 32.5. The van der Waals surface area contributed by atoms with Gasteiger partial charge < -0.3 is 51.2 Å². The summed E-state index contributed by atoms with van der Waals surface area (Å²) in [6, 6.07) is -2.35. The van der Waals surface area contributed by atoms with Crippen LogP contribution in [0.5, 0.6) is 0 Å². The van der Waals surface area contributed by atoms with Crippen LogP contribution < -0.4 is 31.7 Å². The van der Waals surface area contributed by atoms with Crippen molar-refractivity contribution in [1.29, 1.82) is 0 Å². The highest BCUT2D eigenvalue weighted by Gasteiger charge is 2.25. The van der Waals surface area contributed by atoms with Crippen LogP contribution in [0.3, 0.4) is 0 Å². The van der Waals surface area contributed by atoms with Gasteiger partial charge in [-0.25, -0.2) is 0 Å². The van der Waals surface area contributed by atoms with Crippen LogP contribution in [-0.2, 0) is 24.0 Å². The summed E-state index contributed by atoms with van der Waals surface area (Å²) in [6.45, 7) is 1.38. The van der Waals surface area contributed by atoms with Crippen molar-refractivity contribution in [3.8, 4) is 0 Å². The zero-order valence-corrected chi connectivity index (χ0v) is 25.6. The van der Waals surface area contributed by atoms with E-state index in [-0.39, 0.29) is 37.9 Å². The van der Waals surface area contributed by atoms with Gasteiger partial charge in [-0.05, 0) is 38.5 Å². The molecular weight excluding hydrogens is 578 g/mol. The second-order valence-corrected chi connectivity index (χ2v) is 11.0. The molecule has 0 aliphatic rings. The van der Waals surface area contributed by atoms with Crippen LogP contribution in [0.4, 0.5) is 0 Å². The monoisotopic (exact) mass is 623 g/mol. The third-order valence-corrected chi connectivity index (χ3v) is 7.39. The van der Waals surface area contributed by atoms with Gasteiger partial charge in [-0.3, -0.25) is 9.59 Å². The SMILES string of the molecule is CCCCC/C=C\C\C=C/C=C/C=C/[C@@H](SC[C@H](NC(=O)CC[C@H]([NH3+])C(=O)[O-])C(=O)NCC(=O)[O-])[C@@H](O)CCCC(=O)[O-]. The predicted molar refractivity (Wildman–Crippen MR) is 157 cm³/mol. The van der Waals surface area contributed by atoms with Crippen LogP contribution in [0.25, 0.3) is 0 Å². The molecule has 0 fully saturated rings. The van der Waals surface area contributed by atoms with E-state index < -0.39 is 59.7 Å². The van der Waals surface area contributed by atoms with E-state index in [1.54, 1.807) is 18.2 Å². The number of quaternary nitrogens is 1. The lowest BCUT2D eigenvalue weighted by Crippen LogP contribution is -2.68. The summed E-state index contributed by atoms with van der Waals surface area (Å²) in [4.78, 5) is 57.4. The van der Waals surface area contributed by atoms with E-state index in [2.05, 4.69) is 35.4 Å². The zero-order valence-electron chi connectivity index (χ0n) is 24.7. The number of carboxylic acid groups (broad SMARTS) is 3. The quantitative estimate of drug-likeness (QED) is 0.0499. The van der Waals surface area contributed by atoms with Gasteiger partial charge in [-0.15, -0.1) is 11.8 Å². The van der Waals surface area contributed by atoms with E-state index in [1.807, 2.05) is 18.2 Å². The molecule has 43 heavy (non-hydrogen) atoms. The number of hydrogen-bond acceptors (Lipinski definition) is 10. The number of allylic oxidation sites excluding steroid dienone is 7. The molecule has 0 spiro atoms. The van der Waals surface area contributed by atoms with Crippen LogP contribution >= 0.6 is 11.8 Å². The standard InChI is InChI=1S/C30H47N3O9S/c1-2-3-4-5-6-7-8-9-10-11-12-13-16-25(24(34)15-14-17-27(36)37)43-21-23(29(40)32-20-28(38)39)33-26(35)19-18-22(31)30(41)42/h6-7,9-13,16,22-25,34H,2-5,8,14-15,17-21,31H2,1H3,(H,32,40)(H,33,35)(H,36,37)(H,38,39)(H,41,42)/p-2/b7-6-,10-9-,12-11+,16-13+/t22-,23-,24-,25+/m0/s1. The molecule has 2 amide bonds. The Morgan fingerprint density at radius 1 is 0.884 bits per heavy atom. The number of thioether (sulfide) groups is 1. The number of rotatable bonds is 25. The second-order valence-electron chi connectivity index (χ2n) is 9.79. The molecule has 0 aromatic heterocycles. The highest BCUT2D eigenvalue weighted by molar-refractivity contribution is 8.00. The largest absolute Gasteiger partial charge is 0.550 e. The molecule has 0 rings (SSSR count). The number of amides is 2. The number of nitrogens with one attached hydrogen (secondary N) is 2. The number of carboxylic acids is 3. The van der Waals surface area contributed by atoms with E-state index in [4.69, 9.17) is 0 Å². The lowest BCUT2D eigenvalue weighted by atomic mass is 10.1. The average molecular weight is 624 g/mol. The van der Waals surface area contributed by atoms with Crippen molar-refractivity contribution in [2.45, 2.75) is 94.6 Å². The summed E-state index contributed by atoms with van der Waals surface area (Å²) in [5.41, 5.74) is 3.37. The first kappa shape index (κ1) is 39.6. The third-order valence-electron chi connectivity index (χ3n) is 6.01. The smallest absolute Gasteiger partial charge is 0.243 e. The average Bonchev–Trinajstić information content (AvgIpc) is 2.95. The Balaban J connectivity index is 5.38. The van der Waals surface area contributed by atoms with Crippen molar-refractivity contribution < 1.29 is 50.1 Å². The van der Waals surface area contributed by atoms with Crippen LogP contribution in [0.15, 0.2) is 48.6 Å². The molecule has 0 saturated carbocycles. The Morgan fingerprint density at radius 3 is 2.26 bits per heavy atom. The van der Waals surface area contributed by atoms with Gasteiger partial charge in [0.15, 0.2) is 0 Å². The highest BCUT2D eigenvalue weighted by atomic mass is 32.2. The molecule has 0 radical (unpaired) electrons. The van der Waals surface area contributed by atoms with Gasteiger partial charge in [-0.2, -0.15) is 0 Å². The fourth-order valence-corrected chi connectivity index (χ4v) is 4.75. The summed E-state index contributed by atoms with van der Waals surface area (Å²) in [5, 5.41) is 47.2. The van der Waals surface area contributed by atoms with Gasteiger partial charge in [0.2, 0.25) is 11.8 Å². The van der Waals surface area contributed by atoms with Crippen molar-refractivity contribution >= 4 is 41.5 Å². The minimum atomic E-state index is -1.53. The molecule has 12 nitrogen and oxygen atoms in total. The number of aliphatic hydroxyl groups is 1. The van der Waals surface area contributed by atoms with Crippen LogP contribution in [0.2, 0.25) is 0 Å². The van der Waals surface area contributed by atoms with Crippen molar-refractivity contribution in [2.24, 2.45) is 0 Å². The molecule has 13 heteroatoms. The fourth-order valence-electron chi connectivity index (χ4n) is 3.54. The van der Waals surface area contributed by atoms with E-state index in [0.717, 1.165) is 24.6 Å². The lowest BCUT2D eigenvalue weighted by molar-refractivity contribution is -0.438. The first-order valence-corrected chi connectivity index (χ1v) is 15.5. The minimum Gasteiger partial charge on any atom is -0.550 e. The number of unbranched alkanes of at least 4 members (excludes halogenated alkanes) is 3. The lowest BCUT2D eigenvalue weighted by Gasteiger charge is -2.24. The van der Waals surface area contributed by atoms with Crippen molar-refractivity contribution in [2.75, 3.05) is 12.3 Å². The maximum atomic E-state index is 12.6. The molecular formula is C30H45N3O9S-2. The maximum Gasteiger partial charge on any atom is 0.243 e. The van der Waals surface area contributed by atoms with Gasteiger partial charge in [0.1, 0.15) is 12.1 Å². The van der Waals surface area contributed by atoms with Crippen LogP contribution in [-0.4, -0.2) is 70.6 Å². The maximum absolute atomic E-state index is 12.6. The van der Waals surface area contributed by atoms with E-state index >= 15 is 0 Å². The molecule has 0 bridgehead atoms. The van der Waals surface area contributed by atoms with E-state index in [0.29, 0.717) is 0 Å². The van der Waals surface area contributed by atoms with E-state index in [1.165, 1.54) is 19.3 Å². The molecule has 0 saturated heterocycles. The van der Waals surface area contributed by atoms with Crippen LogP contribution in [0.1, 0.15) is 71.1 Å². The van der Waals surface area contributed by atoms with Gasteiger partial charge in [-0.1, -0.05) is 68.4 Å². The van der Waals surface area contributed by atoms with Crippen molar-refractivity contribution in [3.05, 3.63) is 48.6 Å². The first-order chi connectivity index (χ1) is 20.5. The molecule has 4 atom stereocenters. The molecule has 0 unspecified atom stereocenters. The van der Waals surface area contributed by atoms with E-state index in [9.17, 15) is 44.4 Å². The molecule has 0 aliphatic carbocycles. The summed E-state index contributed by atoms with van der Waals surface area (Å²) < 4.78 is 0. The Hall–Kier alpha value is -3.42. The molecule has 0 aromatic carbocycles. The normalized spacial score (nSPS) is 14.7. The summed E-state index contributed by atoms with van der Waals surface area (Å²) in [7, 11) is 0. The first-order valence-electron chi connectivity index (χ1n) is 14.4. The molecule has 0 aliphatic heterocycles. The van der Waals surface area contributed by atoms with Gasteiger partial charge in [0, 0.05) is 29.8 Å². The van der Waals surface area contributed by atoms with Gasteiger partial charge in [0.25, 0.3) is 0 Å². The third kappa shape index (κ3) is 22.8. The highest BCUT2D eigenvalue weighted by Crippen LogP contribution is 2.21. The van der Waals surface area contributed by atoms with Crippen molar-refractivity contribution in [1.82, 2.24) is 10.6 Å². The second kappa shape index (κ2) is 25.1. The van der Waals surface area contributed by atoms with Crippen molar-refractivity contribution in [3.63, 3.8) is 0 Å². The Labute approximate surface area is 257 Å². The van der Waals surface area contributed by atoms with Crippen LogP contribution in [0, 0.1) is 0 Å². The topological polar surface area (TPSA) is 226 Å². The Morgan fingerprint density at radius 2 is 1.60 bits per heavy atom. The molecule has 6 N–H and O–H groups in total. The molecule has 0 heterocycles. The number of aliphatic hydroxyl groups excluding tert-OH is 1. The Kier molecular flexibility index (Phi) is 23.1. The summed E-state index contributed by atoms with van der Waals surface area (Å²) >= 11 is 1.10. The number of carbonyl (C=O) groups excluding carboxylic acids is 5. The number of carbonyl (C=O) groups is 5. The summed E-state index contributed by atoms with van der Waals surface area (Å²) in [5.74, 6) is -5.75. The summed E-state index contributed by atoms with van der Waals surface area (Å²) in [6.07, 6.45) is 19.2.